The van der Waals surface area contributed by atoms with E-state index in [4.69, 9.17) is 23.2 Å². The molecule has 0 aliphatic carbocycles. The van der Waals surface area contributed by atoms with Crippen molar-refractivity contribution in [3.05, 3.63) is 22.2 Å². The highest BCUT2D eigenvalue weighted by atomic mass is 35.5. The molecule has 0 spiro atoms. The monoisotopic (exact) mass is 258 g/mol. The summed E-state index contributed by atoms with van der Waals surface area (Å²) < 4.78 is 46.5. The number of halogens is 5. The highest BCUT2D eigenvalue weighted by Gasteiger charge is 2.49. The Bertz CT molecular complexity index is 411. The molecule has 1 aliphatic heterocycles. The highest BCUT2D eigenvalue weighted by Crippen LogP contribution is 2.44. The maximum absolute atomic E-state index is 12.7. The van der Waals surface area contributed by atoms with Crippen LogP contribution in [0.25, 0.3) is 0 Å². The lowest BCUT2D eigenvalue weighted by atomic mass is 10.3. The largest absolute Gasteiger partial charge is 0.468 e. The molecule has 1 heterocycles. The van der Waals surface area contributed by atoms with Gasteiger partial charge in [0.2, 0.25) is 0 Å². The third-order valence-corrected chi connectivity index (χ3v) is 2.45. The maximum atomic E-state index is 12.7. The molecule has 82 valence electrons. The number of alkyl halides is 3. The summed E-state index contributed by atoms with van der Waals surface area (Å²) in [6, 6.07) is 2.15. The molecule has 15 heavy (non-hydrogen) atoms. The molecular weight excluding hydrogens is 256 g/mol. The smallest absolute Gasteiger partial charge is 0.447 e. The van der Waals surface area contributed by atoms with E-state index in [9.17, 15) is 13.2 Å². The van der Waals surface area contributed by atoms with Crippen molar-refractivity contribution < 1.29 is 22.6 Å². The minimum absolute atomic E-state index is 0.0205. The summed E-state index contributed by atoms with van der Waals surface area (Å²) in [6.07, 6.45) is -6.88. The van der Waals surface area contributed by atoms with Crippen LogP contribution in [0.3, 0.4) is 0 Å². The Labute approximate surface area is 92.5 Å². The van der Waals surface area contributed by atoms with Crippen molar-refractivity contribution in [1.82, 2.24) is 0 Å². The summed E-state index contributed by atoms with van der Waals surface area (Å²) in [6.45, 7) is 0. The zero-order chi connectivity index (χ0) is 11.2. The van der Waals surface area contributed by atoms with E-state index in [0.29, 0.717) is 0 Å². The Balaban J connectivity index is 2.46. The Morgan fingerprint density at radius 3 is 2.27 bits per heavy atom. The average Bonchev–Trinajstić information content (AvgIpc) is 2.11. The molecule has 7 heteroatoms. The van der Waals surface area contributed by atoms with Gasteiger partial charge in [0.25, 0.3) is 0 Å². The van der Waals surface area contributed by atoms with Crippen LogP contribution < -0.4 is 9.47 Å². The van der Waals surface area contributed by atoms with Crippen molar-refractivity contribution in [2.75, 3.05) is 0 Å². The summed E-state index contributed by atoms with van der Waals surface area (Å²) >= 11 is 11.2. The molecule has 1 aromatic rings. The molecule has 0 radical (unpaired) electrons. The lowest BCUT2D eigenvalue weighted by Gasteiger charge is -2.28. The van der Waals surface area contributed by atoms with Gasteiger partial charge in [0.1, 0.15) is 0 Å². The van der Waals surface area contributed by atoms with E-state index in [1.54, 1.807) is 0 Å². The van der Waals surface area contributed by atoms with Crippen LogP contribution in [-0.2, 0) is 0 Å². The van der Waals surface area contributed by atoms with Gasteiger partial charge < -0.3 is 9.47 Å². The van der Waals surface area contributed by atoms with Crippen molar-refractivity contribution in [1.29, 1.82) is 0 Å². The summed E-state index contributed by atoms with van der Waals surface area (Å²) in [5.41, 5.74) is 0. The van der Waals surface area contributed by atoms with Crippen LogP contribution in [-0.4, -0.2) is 12.5 Å². The Kier molecular flexibility index (Phi) is 2.39. The second-order valence-electron chi connectivity index (χ2n) is 2.81. The van der Waals surface area contributed by atoms with E-state index >= 15 is 0 Å². The Hall–Kier alpha value is -0.810. The van der Waals surface area contributed by atoms with Gasteiger partial charge >= 0.3 is 12.5 Å². The predicted octanol–water partition coefficient (Wildman–Crippen LogP) is 3.65. The number of fused-ring (bicyclic) bond motifs is 1. The van der Waals surface area contributed by atoms with Crippen LogP contribution >= 0.6 is 23.2 Å². The first-order valence-corrected chi connectivity index (χ1v) is 4.52. The van der Waals surface area contributed by atoms with Gasteiger partial charge in [0.15, 0.2) is 11.5 Å². The zero-order valence-electron chi connectivity index (χ0n) is 6.94. The molecule has 1 unspecified atom stereocenters. The molecule has 0 fully saturated rings. The van der Waals surface area contributed by atoms with Gasteiger partial charge in [-0.25, -0.2) is 0 Å². The Morgan fingerprint density at radius 1 is 1.13 bits per heavy atom. The molecular formula is C8H3Cl2F3O2. The van der Waals surface area contributed by atoms with Gasteiger partial charge in [-0.3, -0.25) is 0 Å². The third kappa shape index (κ3) is 1.81. The number of hydrogen-bond acceptors (Lipinski definition) is 2. The number of benzene rings is 1. The molecule has 0 saturated carbocycles. The van der Waals surface area contributed by atoms with Gasteiger partial charge in [-0.2, -0.15) is 13.2 Å². The number of ether oxygens (including phenoxy) is 2. The minimum atomic E-state index is -4.02. The van der Waals surface area contributed by atoms with Gasteiger partial charge in [-0.1, -0.05) is 23.2 Å². The summed E-state index contributed by atoms with van der Waals surface area (Å²) in [7, 11) is 0. The van der Waals surface area contributed by atoms with Gasteiger partial charge in [0, 0.05) is 12.1 Å². The van der Waals surface area contributed by atoms with Crippen LogP contribution in [0.1, 0.15) is 0 Å². The summed E-state index contributed by atoms with van der Waals surface area (Å²) in [5, 5.41) is 0.0866. The van der Waals surface area contributed by atoms with E-state index in [1.807, 2.05) is 0 Å². The summed E-state index contributed by atoms with van der Waals surface area (Å²) in [5.74, 6) is -0.550. The van der Waals surface area contributed by atoms with Gasteiger partial charge in [-0.05, 0) is 0 Å². The van der Waals surface area contributed by atoms with Gasteiger partial charge in [-0.15, -0.1) is 0 Å². The fourth-order valence-corrected chi connectivity index (χ4v) is 1.36. The molecule has 0 amide bonds. The van der Waals surface area contributed by atoms with Crippen LogP contribution in [0.5, 0.6) is 11.5 Å². The first kappa shape index (κ1) is 10.7. The average molecular weight is 259 g/mol. The topological polar surface area (TPSA) is 18.5 Å². The van der Waals surface area contributed by atoms with Crippen LogP contribution in [0, 0.1) is 0 Å². The lowest BCUT2D eigenvalue weighted by Crippen LogP contribution is -2.43. The predicted molar refractivity (Wildman–Crippen MR) is 47.6 cm³/mol. The van der Waals surface area contributed by atoms with Crippen molar-refractivity contribution in [3.63, 3.8) is 0 Å². The fraction of sp³-hybridized carbons (Fsp3) is 0.250. The quantitative estimate of drug-likeness (QED) is 0.707. The second kappa shape index (κ2) is 3.35. The summed E-state index contributed by atoms with van der Waals surface area (Å²) in [4.78, 5) is 0. The standard InChI is InChI=1S/C8H3Cl2F3O2/c9-3-1-5-6(2-4(3)10)15-8(12,13)7(11)14-5/h1-2,7H. The second-order valence-corrected chi connectivity index (χ2v) is 3.63. The van der Waals surface area contributed by atoms with Crippen LogP contribution in [0.4, 0.5) is 13.2 Å². The molecule has 0 saturated heterocycles. The SMILES string of the molecule is FC1Oc2cc(Cl)c(Cl)cc2OC1(F)F. The van der Waals surface area contributed by atoms with Crippen LogP contribution in [0.2, 0.25) is 10.0 Å². The number of hydrogen-bond donors (Lipinski definition) is 0. The molecule has 2 nitrogen and oxygen atoms in total. The van der Waals surface area contributed by atoms with E-state index in [2.05, 4.69) is 9.47 Å². The minimum Gasteiger partial charge on any atom is -0.447 e. The highest BCUT2D eigenvalue weighted by molar-refractivity contribution is 6.42. The van der Waals surface area contributed by atoms with Crippen molar-refractivity contribution in [2.24, 2.45) is 0 Å². The number of rotatable bonds is 0. The first-order chi connectivity index (χ1) is 6.90. The molecule has 0 bridgehead atoms. The maximum Gasteiger partial charge on any atom is 0.468 e. The normalized spacial score (nSPS) is 22.6. The molecule has 0 aromatic heterocycles. The van der Waals surface area contributed by atoms with Crippen molar-refractivity contribution in [3.8, 4) is 11.5 Å². The fourth-order valence-electron chi connectivity index (χ4n) is 1.06. The molecule has 1 aromatic carbocycles. The van der Waals surface area contributed by atoms with E-state index in [1.165, 1.54) is 0 Å². The molecule has 1 atom stereocenters. The first-order valence-electron chi connectivity index (χ1n) is 3.77. The van der Waals surface area contributed by atoms with Crippen molar-refractivity contribution in [2.45, 2.75) is 12.5 Å². The zero-order valence-corrected chi connectivity index (χ0v) is 8.45. The van der Waals surface area contributed by atoms with E-state index < -0.39 is 12.5 Å². The third-order valence-electron chi connectivity index (χ3n) is 1.73. The van der Waals surface area contributed by atoms with E-state index in [-0.39, 0.29) is 21.5 Å². The lowest BCUT2D eigenvalue weighted by molar-refractivity contribution is -0.281. The van der Waals surface area contributed by atoms with Crippen molar-refractivity contribution >= 4 is 23.2 Å². The Morgan fingerprint density at radius 2 is 1.67 bits per heavy atom. The molecule has 1 aliphatic rings. The van der Waals surface area contributed by atoms with E-state index in [0.717, 1.165) is 12.1 Å². The molecule has 2 rings (SSSR count). The molecule has 0 N–H and O–H groups in total. The van der Waals surface area contributed by atoms with Gasteiger partial charge in [0.05, 0.1) is 10.0 Å². The van der Waals surface area contributed by atoms with Crippen LogP contribution in [0.15, 0.2) is 12.1 Å².